The molecule has 0 amide bonds. The topological polar surface area (TPSA) is 34.5 Å². The molecule has 0 saturated heterocycles. The summed E-state index contributed by atoms with van der Waals surface area (Å²) in [6.07, 6.45) is 0. The van der Waals surface area contributed by atoms with Crippen LogP contribution in [0.25, 0.3) is 0 Å². The molecule has 0 atom stereocenters. The summed E-state index contributed by atoms with van der Waals surface area (Å²) in [4.78, 5) is 8.86. The number of hydrogen-bond donors (Lipinski definition) is 0. The molecule has 0 spiro atoms. The van der Waals surface area contributed by atoms with E-state index in [9.17, 15) is 0 Å². The number of aryl methyl sites for hydroxylation is 1. The van der Waals surface area contributed by atoms with Crippen LogP contribution in [0.2, 0.25) is 0 Å². The second-order valence-electron chi connectivity index (χ2n) is 2.11. The van der Waals surface area contributed by atoms with Gasteiger partial charge in [-0.1, -0.05) is 5.16 Å². The molecule has 0 aliphatic heterocycles. The maximum atomic E-state index is 4.62. The predicted molar refractivity (Wildman–Crippen MR) is 46.1 cm³/mol. The van der Waals surface area contributed by atoms with E-state index in [0.717, 1.165) is 16.4 Å². The monoisotopic (exact) mass is 170 g/mol. The minimum atomic E-state index is 0.817. The molecule has 0 aliphatic rings. The van der Waals surface area contributed by atoms with Crippen LogP contribution in [0.4, 0.5) is 0 Å². The minimum absolute atomic E-state index is 0.817. The van der Waals surface area contributed by atoms with Gasteiger partial charge in [0, 0.05) is 5.38 Å². The van der Waals surface area contributed by atoms with Crippen LogP contribution < -0.4 is 0 Å². The highest BCUT2D eigenvalue weighted by molar-refractivity contribution is 7.09. The summed E-state index contributed by atoms with van der Waals surface area (Å²) >= 11 is 1.61. The van der Waals surface area contributed by atoms with Crippen molar-refractivity contribution in [2.75, 3.05) is 7.11 Å². The first-order valence-electron chi connectivity index (χ1n) is 3.24. The third kappa shape index (κ3) is 2.01. The zero-order valence-corrected chi connectivity index (χ0v) is 7.60. The van der Waals surface area contributed by atoms with Gasteiger partial charge in [-0.15, -0.1) is 11.3 Å². The van der Waals surface area contributed by atoms with Gasteiger partial charge in [0.1, 0.15) is 12.8 Å². The SMILES string of the molecule is CO/N=C(/C)c1csc(C)n1. The lowest BCUT2D eigenvalue weighted by Crippen LogP contribution is -1.95. The Morgan fingerprint density at radius 1 is 1.73 bits per heavy atom. The first-order chi connectivity index (χ1) is 5.24. The van der Waals surface area contributed by atoms with Gasteiger partial charge in [-0.05, 0) is 13.8 Å². The van der Waals surface area contributed by atoms with Crippen molar-refractivity contribution in [3.8, 4) is 0 Å². The van der Waals surface area contributed by atoms with E-state index >= 15 is 0 Å². The molecular weight excluding hydrogens is 160 g/mol. The summed E-state index contributed by atoms with van der Waals surface area (Å²) in [5.41, 5.74) is 1.71. The summed E-state index contributed by atoms with van der Waals surface area (Å²) in [5, 5.41) is 6.78. The van der Waals surface area contributed by atoms with E-state index in [0.29, 0.717) is 0 Å². The van der Waals surface area contributed by atoms with E-state index in [4.69, 9.17) is 0 Å². The molecule has 0 saturated carbocycles. The number of nitrogens with zero attached hydrogens (tertiary/aromatic N) is 2. The van der Waals surface area contributed by atoms with Crippen LogP contribution in [-0.4, -0.2) is 17.8 Å². The van der Waals surface area contributed by atoms with Crippen LogP contribution in [-0.2, 0) is 4.84 Å². The molecule has 3 nitrogen and oxygen atoms in total. The van der Waals surface area contributed by atoms with Gasteiger partial charge in [-0.3, -0.25) is 0 Å². The van der Waals surface area contributed by atoms with Crippen LogP contribution >= 0.6 is 11.3 Å². The standard InChI is InChI=1S/C7H10N2OS/c1-5(9-10-3)7-4-11-6(2)8-7/h4H,1-3H3/b9-5-. The van der Waals surface area contributed by atoms with Crippen molar-refractivity contribution < 1.29 is 4.84 Å². The summed E-state index contributed by atoms with van der Waals surface area (Å²) in [6, 6.07) is 0. The highest BCUT2D eigenvalue weighted by Gasteiger charge is 2.00. The van der Waals surface area contributed by atoms with Gasteiger partial charge in [-0.25, -0.2) is 4.98 Å². The Labute approximate surface area is 69.7 Å². The molecular formula is C7H10N2OS. The van der Waals surface area contributed by atoms with E-state index in [-0.39, 0.29) is 0 Å². The largest absolute Gasteiger partial charge is 0.399 e. The molecule has 0 radical (unpaired) electrons. The van der Waals surface area contributed by atoms with Crippen molar-refractivity contribution >= 4 is 17.0 Å². The van der Waals surface area contributed by atoms with Crippen LogP contribution in [0.3, 0.4) is 0 Å². The number of hydrogen-bond acceptors (Lipinski definition) is 4. The molecule has 1 aromatic heterocycles. The molecule has 0 aliphatic carbocycles. The lowest BCUT2D eigenvalue weighted by molar-refractivity contribution is 0.213. The van der Waals surface area contributed by atoms with Crippen molar-refractivity contribution in [1.82, 2.24) is 4.98 Å². The second-order valence-corrected chi connectivity index (χ2v) is 3.17. The molecule has 0 bridgehead atoms. The fraction of sp³-hybridized carbons (Fsp3) is 0.429. The number of oxime groups is 1. The Bertz CT molecular complexity index is 267. The van der Waals surface area contributed by atoms with Gasteiger partial charge >= 0.3 is 0 Å². The molecule has 1 aromatic rings. The van der Waals surface area contributed by atoms with Gasteiger partial charge in [-0.2, -0.15) is 0 Å². The van der Waals surface area contributed by atoms with Crippen LogP contribution in [0, 0.1) is 6.92 Å². The smallest absolute Gasteiger partial charge is 0.106 e. The van der Waals surface area contributed by atoms with Crippen LogP contribution in [0.5, 0.6) is 0 Å². The first kappa shape index (κ1) is 8.20. The Hall–Kier alpha value is -0.900. The normalized spacial score (nSPS) is 11.7. The lowest BCUT2D eigenvalue weighted by Gasteiger charge is -1.91. The van der Waals surface area contributed by atoms with Crippen LogP contribution in [0.1, 0.15) is 17.6 Å². The summed E-state index contributed by atoms with van der Waals surface area (Å²) in [6.45, 7) is 3.84. The third-order valence-corrected chi connectivity index (χ3v) is 1.99. The van der Waals surface area contributed by atoms with E-state index < -0.39 is 0 Å². The average molecular weight is 170 g/mol. The van der Waals surface area contributed by atoms with E-state index in [1.165, 1.54) is 7.11 Å². The molecule has 11 heavy (non-hydrogen) atoms. The van der Waals surface area contributed by atoms with Crippen molar-refractivity contribution in [2.24, 2.45) is 5.16 Å². The summed E-state index contributed by atoms with van der Waals surface area (Å²) < 4.78 is 0. The molecule has 0 unspecified atom stereocenters. The number of rotatable bonds is 2. The van der Waals surface area contributed by atoms with Crippen molar-refractivity contribution in [3.63, 3.8) is 0 Å². The lowest BCUT2D eigenvalue weighted by atomic mass is 10.3. The molecule has 1 heterocycles. The minimum Gasteiger partial charge on any atom is -0.399 e. The van der Waals surface area contributed by atoms with Gasteiger partial charge in [0.05, 0.1) is 10.7 Å². The Morgan fingerprint density at radius 3 is 2.91 bits per heavy atom. The molecule has 0 N–H and O–H groups in total. The number of thiazole rings is 1. The van der Waals surface area contributed by atoms with E-state index in [2.05, 4.69) is 15.0 Å². The number of aromatic nitrogens is 1. The third-order valence-electron chi connectivity index (χ3n) is 1.22. The summed E-state index contributed by atoms with van der Waals surface area (Å²) in [5.74, 6) is 0. The molecule has 0 fully saturated rings. The molecule has 1 rings (SSSR count). The average Bonchev–Trinajstić information content (AvgIpc) is 2.36. The van der Waals surface area contributed by atoms with Gasteiger partial charge in [0.25, 0.3) is 0 Å². The van der Waals surface area contributed by atoms with Gasteiger partial charge < -0.3 is 4.84 Å². The Morgan fingerprint density at radius 2 is 2.45 bits per heavy atom. The van der Waals surface area contributed by atoms with Crippen molar-refractivity contribution in [2.45, 2.75) is 13.8 Å². The quantitative estimate of drug-likeness (QED) is 0.501. The van der Waals surface area contributed by atoms with Gasteiger partial charge in [0.2, 0.25) is 0 Å². The Balaban J connectivity index is 2.84. The van der Waals surface area contributed by atoms with E-state index in [1.54, 1.807) is 11.3 Å². The second kappa shape index (κ2) is 3.48. The van der Waals surface area contributed by atoms with Crippen molar-refractivity contribution in [3.05, 3.63) is 16.1 Å². The fourth-order valence-corrected chi connectivity index (χ4v) is 1.37. The molecule has 0 aromatic carbocycles. The Kier molecular flexibility index (Phi) is 2.59. The molecule has 4 heteroatoms. The highest BCUT2D eigenvalue weighted by Crippen LogP contribution is 2.08. The highest BCUT2D eigenvalue weighted by atomic mass is 32.1. The van der Waals surface area contributed by atoms with Crippen molar-refractivity contribution in [1.29, 1.82) is 0 Å². The van der Waals surface area contributed by atoms with Gasteiger partial charge in [0.15, 0.2) is 0 Å². The maximum Gasteiger partial charge on any atom is 0.106 e. The summed E-state index contributed by atoms with van der Waals surface area (Å²) in [7, 11) is 1.53. The maximum absolute atomic E-state index is 4.62. The zero-order chi connectivity index (χ0) is 8.27. The molecule has 60 valence electrons. The zero-order valence-electron chi connectivity index (χ0n) is 6.79. The first-order valence-corrected chi connectivity index (χ1v) is 4.12. The predicted octanol–water partition coefficient (Wildman–Crippen LogP) is 1.82. The van der Waals surface area contributed by atoms with E-state index in [1.807, 2.05) is 19.2 Å². The fourth-order valence-electron chi connectivity index (χ4n) is 0.713. The van der Waals surface area contributed by atoms with Crippen LogP contribution in [0.15, 0.2) is 10.5 Å².